The highest BCUT2D eigenvalue weighted by Crippen LogP contribution is 2.37. The minimum absolute atomic E-state index is 0.0477. The van der Waals surface area contributed by atoms with E-state index in [0.29, 0.717) is 17.9 Å². The van der Waals surface area contributed by atoms with Crippen molar-refractivity contribution in [2.75, 3.05) is 5.75 Å². The van der Waals surface area contributed by atoms with Crippen molar-refractivity contribution in [3.63, 3.8) is 0 Å². The van der Waals surface area contributed by atoms with Gasteiger partial charge in [0.05, 0.1) is 17.0 Å². The van der Waals surface area contributed by atoms with E-state index in [1.807, 2.05) is 36.4 Å². The first-order valence-electron chi connectivity index (χ1n) is 8.33. The SMILES string of the molecule is N#Cc1ccccc1Cn1cc([C@H]2N[C@H](C(=O)O)CS2)c2ccccc21. The molecule has 26 heavy (non-hydrogen) atoms. The maximum Gasteiger partial charge on any atom is 0.321 e. The number of nitrogens with zero attached hydrogens (tertiary/aromatic N) is 2. The van der Waals surface area contributed by atoms with Crippen molar-refractivity contribution < 1.29 is 9.90 Å². The van der Waals surface area contributed by atoms with Crippen LogP contribution in [0.2, 0.25) is 0 Å². The average Bonchev–Trinajstić information content (AvgIpc) is 3.28. The first kappa shape index (κ1) is 16.7. The van der Waals surface area contributed by atoms with Crippen LogP contribution in [-0.2, 0) is 11.3 Å². The summed E-state index contributed by atoms with van der Waals surface area (Å²) in [5.74, 6) is -0.261. The van der Waals surface area contributed by atoms with E-state index in [1.54, 1.807) is 11.8 Å². The number of carbonyl (C=O) groups is 1. The molecule has 3 aromatic rings. The number of thioether (sulfide) groups is 1. The summed E-state index contributed by atoms with van der Waals surface area (Å²) in [6.45, 7) is 0.601. The van der Waals surface area contributed by atoms with E-state index in [2.05, 4.69) is 34.3 Å². The van der Waals surface area contributed by atoms with Gasteiger partial charge in [-0.05, 0) is 17.7 Å². The van der Waals surface area contributed by atoms with Gasteiger partial charge in [-0.25, -0.2) is 0 Å². The monoisotopic (exact) mass is 363 g/mol. The van der Waals surface area contributed by atoms with Crippen LogP contribution in [0.4, 0.5) is 0 Å². The average molecular weight is 363 g/mol. The topological polar surface area (TPSA) is 78.0 Å². The fourth-order valence-electron chi connectivity index (χ4n) is 3.36. The number of para-hydroxylation sites is 1. The Hall–Kier alpha value is -2.75. The third-order valence-electron chi connectivity index (χ3n) is 4.66. The summed E-state index contributed by atoms with van der Waals surface area (Å²) >= 11 is 1.62. The lowest BCUT2D eigenvalue weighted by Crippen LogP contribution is -2.33. The second-order valence-corrected chi connectivity index (χ2v) is 7.41. The molecule has 5 nitrogen and oxygen atoms in total. The van der Waals surface area contributed by atoms with Crippen LogP contribution in [0.5, 0.6) is 0 Å². The second-order valence-electron chi connectivity index (χ2n) is 6.27. The number of benzene rings is 2. The highest BCUT2D eigenvalue weighted by molar-refractivity contribution is 7.99. The minimum atomic E-state index is -0.813. The van der Waals surface area contributed by atoms with Gasteiger partial charge in [-0.3, -0.25) is 10.1 Å². The number of carboxylic acids is 1. The van der Waals surface area contributed by atoms with Crippen LogP contribution >= 0.6 is 11.8 Å². The van der Waals surface area contributed by atoms with Crippen LogP contribution in [0.15, 0.2) is 54.7 Å². The van der Waals surface area contributed by atoms with Crippen LogP contribution in [-0.4, -0.2) is 27.4 Å². The molecule has 1 fully saturated rings. The number of rotatable bonds is 4. The summed E-state index contributed by atoms with van der Waals surface area (Å²) in [5, 5.41) is 22.8. The summed E-state index contributed by atoms with van der Waals surface area (Å²) in [6, 6.07) is 17.4. The third-order valence-corrected chi connectivity index (χ3v) is 5.91. The van der Waals surface area contributed by atoms with Gasteiger partial charge in [-0.1, -0.05) is 36.4 Å². The lowest BCUT2D eigenvalue weighted by Gasteiger charge is -2.10. The number of nitriles is 1. The van der Waals surface area contributed by atoms with E-state index in [0.717, 1.165) is 22.0 Å². The van der Waals surface area contributed by atoms with Gasteiger partial charge >= 0.3 is 5.97 Å². The Labute approximate surface area is 155 Å². The highest BCUT2D eigenvalue weighted by Gasteiger charge is 2.32. The molecule has 0 aliphatic carbocycles. The van der Waals surface area contributed by atoms with E-state index in [1.165, 1.54) is 0 Å². The summed E-state index contributed by atoms with van der Waals surface area (Å²) < 4.78 is 2.14. The Morgan fingerprint density at radius 3 is 2.81 bits per heavy atom. The number of fused-ring (bicyclic) bond motifs is 1. The molecule has 1 aliphatic heterocycles. The number of carboxylic acid groups (broad SMARTS) is 1. The van der Waals surface area contributed by atoms with Crippen molar-refractivity contribution in [1.82, 2.24) is 9.88 Å². The molecule has 1 aliphatic rings. The van der Waals surface area contributed by atoms with E-state index in [9.17, 15) is 15.2 Å². The minimum Gasteiger partial charge on any atom is -0.480 e. The second kappa shape index (κ2) is 6.87. The Bertz CT molecular complexity index is 1020. The third kappa shape index (κ3) is 2.96. The van der Waals surface area contributed by atoms with Crippen molar-refractivity contribution in [2.24, 2.45) is 0 Å². The number of nitrogens with one attached hydrogen (secondary N) is 1. The van der Waals surface area contributed by atoms with E-state index in [-0.39, 0.29) is 5.37 Å². The summed E-state index contributed by atoms with van der Waals surface area (Å²) in [4.78, 5) is 11.2. The van der Waals surface area contributed by atoms with Gasteiger partial charge in [0.15, 0.2) is 0 Å². The zero-order valence-corrected chi connectivity index (χ0v) is 14.7. The Balaban J connectivity index is 1.73. The van der Waals surface area contributed by atoms with Crippen molar-refractivity contribution in [3.05, 3.63) is 71.4 Å². The fraction of sp³-hybridized carbons (Fsp3) is 0.200. The molecule has 0 spiro atoms. The van der Waals surface area contributed by atoms with Gasteiger partial charge in [-0.15, -0.1) is 11.8 Å². The molecule has 0 radical (unpaired) electrons. The molecule has 130 valence electrons. The molecule has 6 heteroatoms. The zero-order valence-electron chi connectivity index (χ0n) is 13.9. The fourth-order valence-corrected chi connectivity index (χ4v) is 4.61. The van der Waals surface area contributed by atoms with Crippen LogP contribution in [0.25, 0.3) is 10.9 Å². The van der Waals surface area contributed by atoms with Gasteiger partial charge in [0.2, 0.25) is 0 Å². The van der Waals surface area contributed by atoms with Gasteiger partial charge < -0.3 is 9.67 Å². The number of hydrogen-bond acceptors (Lipinski definition) is 4. The standard InChI is InChI=1S/C20H17N3O2S/c21-9-13-5-1-2-6-14(13)10-23-11-16(15-7-3-4-8-18(15)23)19-22-17(12-26-19)20(24)25/h1-8,11,17,19,22H,10,12H2,(H,24,25)/t17-,19-/m0/s1. The molecular weight excluding hydrogens is 346 g/mol. The lowest BCUT2D eigenvalue weighted by molar-refractivity contribution is -0.138. The Morgan fingerprint density at radius 1 is 1.27 bits per heavy atom. The van der Waals surface area contributed by atoms with Crippen LogP contribution in [0.1, 0.15) is 22.1 Å². The number of aliphatic carboxylic acids is 1. The maximum atomic E-state index is 11.2. The summed E-state index contributed by atoms with van der Waals surface area (Å²) in [5.41, 5.74) is 3.81. The Morgan fingerprint density at radius 2 is 2.04 bits per heavy atom. The molecule has 1 aromatic heterocycles. The molecule has 4 rings (SSSR count). The molecule has 0 amide bonds. The van der Waals surface area contributed by atoms with Gasteiger partial charge in [0.25, 0.3) is 0 Å². The molecule has 0 unspecified atom stereocenters. The summed E-state index contributed by atoms with van der Waals surface area (Å²) in [6.07, 6.45) is 2.08. The van der Waals surface area contributed by atoms with Gasteiger partial charge in [0, 0.05) is 35.0 Å². The first-order valence-corrected chi connectivity index (χ1v) is 9.38. The van der Waals surface area contributed by atoms with Crippen molar-refractivity contribution >= 4 is 28.6 Å². The first-order chi connectivity index (χ1) is 12.7. The van der Waals surface area contributed by atoms with E-state index in [4.69, 9.17) is 0 Å². The molecular formula is C20H17N3O2S. The summed E-state index contributed by atoms with van der Waals surface area (Å²) in [7, 11) is 0. The maximum absolute atomic E-state index is 11.2. The highest BCUT2D eigenvalue weighted by atomic mass is 32.2. The molecule has 2 aromatic carbocycles. The van der Waals surface area contributed by atoms with Crippen LogP contribution in [0.3, 0.4) is 0 Å². The molecule has 0 bridgehead atoms. The Kier molecular flexibility index (Phi) is 4.41. The van der Waals surface area contributed by atoms with Crippen LogP contribution in [0, 0.1) is 11.3 Å². The molecule has 2 heterocycles. The van der Waals surface area contributed by atoms with Crippen molar-refractivity contribution in [1.29, 1.82) is 5.26 Å². The van der Waals surface area contributed by atoms with Gasteiger partial charge in [-0.2, -0.15) is 5.26 Å². The predicted octanol–water partition coefficient (Wildman–Crippen LogP) is 3.35. The largest absolute Gasteiger partial charge is 0.480 e. The van der Waals surface area contributed by atoms with E-state index < -0.39 is 12.0 Å². The predicted molar refractivity (Wildman–Crippen MR) is 102 cm³/mol. The molecule has 0 saturated carbocycles. The number of hydrogen-bond donors (Lipinski definition) is 2. The van der Waals surface area contributed by atoms with E-state index >= 15 is 0 Å². The molecule has 1 saturated heterocycles. The lowest BCUT2D eigenvalue weighted by atomic mass is 10.1. The van der Waals surface area contributed by atoms with Crippen molar-refractivity contribution in [3.8, 4) is 6.07 Å². The zero-order chi connectivity index (χ0) is 18.1. The van der Waals surface area contributed by atoms with Gasteiger partial charge in [0.1, 0.15) is 6.04 Å². The molecule has 2 N–H and O–H groups in total. The van der Waals surface area contributed by atoms with Crippen molar-refractivity contribution in [2.45, 2.75) is 18.0 Å². The number of aromatic nitrogens is 1. The molecule has 2 atom stereocenters. The smallest absolute Gasteiger partial charge is 0.321 e. The van der Waals surface area contributed by atoms with Crippen LogP contribution < -0.4 is 5.32 Å². The quantitative estimate of drug-likeness (QED) is 0.743. The normalized spacial score (nSPS) is 19.5.